The van der Waals surface area contributed by atoms with Crippen molar-refractivity contribution in [3.63, 3.8) is 0 Å². The Labute approximate surface area is 199 Å². The van der Waals surface area contributed by atoms with Crippen LogP contribution in [0.5, 0.6) is 0 Å². The summed E-state index contributed by atoms with van der Waals surface area (Å²) in [6.45, 7) is 8.67. The molecule has 2 heterocycles. The average Bonchev–Trinajstić information content (AvgIpc) is 2.98. The van der Waals surface area contributed by atoms with Gasteiger partial charge in [-0.05, 0) is 82.4 Å². The van der Waals surface area contributed by atoms with Crippen LogP contribution in [-0.2, 0) is 14.1 Å². The molecular formula is C24H29BClN3O4. The fourth-order valence-electron chi connectivity index (χ4n) is 3.91. The van der Waals surface area contributed by atoms with Gasteiger partial charge in [-0.15, -0.1) is 0 Å². The minimum absolute atomic E-state index is 0.129. The van der Waals surface area contributed by atoms with E-state index in [1.54, 1.807) is 29.2 Å². The van der Waals surface area contributed by atoms with E-state index < -0.39 is 30.4 Å². The predicted octanol–water partition coefficient (Wildman–Crippen LogP) is 3.96. The van der Waals surface area contributed by atoms with Crippen LogP contribution in [0.25, 0.3) is 0 Å². The van der Waals surface area contributed by atoms with Crippen molar-refractivity contribution >= 4 is 47.5 Å². The van der Waals surface area contributed by atoms with E-state index in [4.69, 9.17) is 20.9 Å². The molecule has 33 heavy (non-hydrogen) atoms. The van der Waals surface area contributed by atoms with Gasteiger partial charge in [0.1, 0.15) is 6.04 Å². The van der Waals surface area contributed by atoms with Crippen LogP contribution in [0.3, 0.4) is 0 Å². The zero-order valence-electron chi connectivity index (χ0n) is 19.4. The van der Waals surface area contributed by atoms with E-state index in [1.807, 2.05) is 52.0 Å². The smallest absolute Gasteiger partial charge is 0.399 e. The maximum Gasteiger partial charge on any atom is 0.494 e. The normalized spacial score (nSPS) is 21.7. The molecular weight excluding hydrogens is 441 g/mol. The molecule has 2 saturated heterocycles. The number of urea groups is 1. The summed E-state index contributed by atoms with van der Waals surface area (Å²) < 4.78 is 12.2. The minimum atomic E-state index is -0.589. The number of anilines is 2. The van der Waals surface area contributed by atoms with Crippen molar-refractivity contribution in [2.45, 2.75) is 57.8 Å². The molecule has 2 aromatic rings. The highest BCUT2D eigenvalue weighted by Crippen LogP contribution is 2.36. The molecule has 0 aliphatic carbocycles. The summed E-state index contributed by atoms with van der Waals surface area (Å²) in [6, 6.07) is 13.4. The lowest BCUT2D eigenvalue weighted by Crippen LogP contribution is -2.53. The van der Waals surface area contributed by atoms with E-state index in [-0.39, 0.29) is 5.91 Å². The molecule has 7 nitrogen and oxygen atoms in total. The maximum absolute atomic E-state index is 13.1. The van der Waals surface area contributed by atoms with Crippen LogP contribution in [0.2, 0.25) is 5.02 Å². The Kier molecular flexibility index (Phi) is 6.44. The highest BCUT2D eigenvalue weighted by atomic mass is 35.5. The van der Waals surface area contributed by atoms with Gasteiger partial charge in [-0.2, -0.15) is 0 Å². The zero-order valence-corrected chi connectivity index (χ0v) is 20.1. The molecule has 4 rings (SSSR count). The number of amides is 3. The third kappa shape index (κ3) is 5.03. The van der Waals surface area contributed by atoms with Crippen molar-refractivity contribution in [1.82, 2.24) is 5.32 Å². The second-order valence-corrected chi connectivity index (χ2v) is 9.91. The number of benzene rings is 2. The Balaban J connectivity index is 1.39. The molecule has 3 amide bonds. The Bertz CT molecular complexity index is 1010. The topological polar surface area (TPSA) is 79.9 Å². The summed E-state index contributed by atoms with van der Waals surface area (Å²) >= 11 is 5.88. The van der Waals surface area contributed by atoms with Crippen molar-refractivity contribution in [1.29, 1.82) is 0 Å². The van der Waals surface area contributed by atoms with Crippen molar-refractivity contribution in [3.05, 3.63) is 53.6 Å². The van der Waals surface area contributed by atoms with Crippen molar-refractivity contribution < 1.29 is 18.9 Å². The van der Waals surface area contributed by atoms with Gasteiger partial charge >= 0.3 is 13.1 Å². The third-order valence-electron chi connectivity index (χ3n) is 6.58. The average molecular weight is 470 g/mol. The molecule has 9 heteroatoms. The van der Waals surface area contributed by atoms with E-state index in [1.165, 1.54) is 0 Å². The molecule has 2 N–H and O–H groups in total. The fraction of sp³-hybridized carbons (Fsp3) is 0.417. The lowest BCUT2D eigenvalue weighted by molar-refractivity contribution is -0.121. The molecule has 0 spiro atoms. The number of carbonyl (C=O) groups excluding carboxylic acids is 2. The number of rotatable bonds is 4. The van der Waals surface area contributed by atoms with Gasteiger partial charge in [0, 0.05) is 22.9 Å². The number of halogens is 1. The lowest BCUT2D eigenvalue weighted by Gasteiger charge is -2.32. The standard InChI is InChI=1S/C24H29BClN3O4/c1-23(2)24(3,4)33-25(32-23)16-7-13-19(14-8-16)29-15-5-6-20(21(29)30)28-22(31)27-18-11-9-17(26)10-12-18/h7-14,20H,5-6,15H2,1-4H3,(H2,27,28,31). The highest BCUT2D eigenvalue weighted by molar-refractivity contribution is 6.62. The Morgan fingerprint density at radius 2 is 1.64 bits per heavy atom. The van der Waals surface area contributed by atoms with Crippen LogP contribution < -0.4 is 21.0 Å². The summed E-state index contributed by atoms with van der Waals surface area (Å²) in [6.07, 6.45) is 1.38. The van der Waals surface area contributed by atoms with Gasteiger partial charge in [-0.25, -0.2) is 4.79 Å². The predicted molar refractivity (Wildman–Crippen MR) is 131 cm³/mol. The summed E-state index contributed by atoms with van der Waals surface area (Å²) in [5.41, 5.74) is 1.47. The van der Waals surface area contributed by atoms with Crippen LogP contribution >= 0.6 is 11.6 Å². The van der Waals surface area contributed by atoms with Gasteiger partial charge in [0.15, 0.2) is 0 Å². The Hall–Kier alpha value is -2.55. The molecule has 0 radical (unpaired) electrons. The summed E-state index contributed by atoms with van der Waals surface area (Å²) in [7, 11) is -0.452. The van der Waals surface area contributed by atoms with Gasteiger partial charge < -0.3 is 24.8 Å². The van der Waals surface area contributed by atoms with Gasteiger partial charge in [0.25, 0.3) is 0 Å². The molecule has 0 aromatic heterocycles. The van der Waals surface area contributed by atoms with Crippen molar-refractivity contribution in [3.8, 4) is 0 Å². The molecule has 0 bridgehead atoms. The summed E-state index contributed by atoms with van der Waals surface area (Å²) in [5, 5.41) is 6.11. The zero-order chi connectivity index (χ0) is 23.8. The SMILES string of the molecule is CC1(C)OB(c2ccc(N3CCCC(NC(=O)Nc4ccc(Cl)cc4)C3=O)cc2)OC1(C)C. The minimum Gasteiger partial charge on any atom is -0.399 e. The molecule has 2 fully saturated rings. The Morgan fingerprint density at radius 3 is 2.24 bits per heavy atom. The second-order valence-electron chi connectivity index (χ2n) is 9.47. The van der Waals surface area contributed by atoms with E-state index in [2.05, 4.69) is 10.6 Å². The van der Waals surface area contributed by atoms with Crippen LogP contribution in [0.4, 0.5) is 16.2 Å². The molecule has 2 aromatic carbocycles. The number of hydrogen-bond acceptors (Lipinski definition) is 4. The number of nitrogens with zero attached hydrogens (tertiary/aromatic N) is 1. The van der Waals surface area contributed by atoms with Crippen LogP contribution in [0.15, 0.2) is 48.5 Å². The van der Waals surface area contributed by atoms with E-state index >= 15 is 0 Å². The molecule has 0 saturated carbocycles. The Morgan fingerprint density at radius 1 is 1.03 bits per heavy atom. The van der Waals surface area contributed by atoms with Gasteiger partial charge in [-0.3, -0.25) is 4.79 Å². The number of piperidine rings is 1. The first-order valence-corrected chi connectivity index (χ1v) is 11.5. The first-order valence-electron chi connectivity index (χ1n) is 11.2. The fourth-order valence-corrected chi connectivity index (χ4v) is 4.04. The number of carbonyl (C=O) groups is 2. The van der Waals surface area contributed by atoms with E-state index in [0.29, 0.717) is 23.7 Å². The third-order valence-corrected chi connectivity index (χ3v) is 6.83. The molecule has 2 aliphatic heterocycles. The van der Waals surface area contributed by atoms with Crippen LogP contribution in [0.1, 0.15) is 40.5 Å². The molecule has 1 unspecified atom stereocenters. The van der Waals surface area contributed by atoms with Crippen molar-refractivity contribution in [2.75, 3.05) is 16.8 Å². The quantitative estimate of drug-likeness (QED) is 0.664. The van der Waals surface area contributed by atoms with Gasteiger partial charge in [0.2, 0.25) is 5.91 Å². The first-order chi connectivity index (χ1) is 15.6. The molecule has 2 aliphatic rings. The summed E-state index contributed by atoms with van der Waals surface area (Å²) in [4.78, 5) is 27.2. The van der Waals surface area contributed by atoms with E-state index in [0.717, 1.165) is 17.6 Å². The molecule has 174 valence electrons. The first kappa shape index (κ1) is 23.6. The lowest BCUT2D eigenvalue weighted by atomic mass is 9.79. The number of nitrogens with one attached hydrogen (secondary N) is 2. The van der Waals surface area contributed by atoms with Crippen LogP contribution in [-0.4, -0.2) is 42.8 Å². The van der Waals surface area contributed by atoms with Crippen LogP contribution in [0, 0.1) is 0 Å². The highest BCUT2D eigenvalue weighted by Gasteiger charge is 2.51. The van der Waals surface area contributed by atoms with Crippen molar-refractivity contribution in [2.24, 2.45) is 0 Å². The summed E-state index contributed by atoms with van der Waals surface area (Å²) in [5.74, 6) is -0.129. The maximum atomic E-state index is 13.1. The number of hydrogen-bond donors (Lipinski definition) is 2. The van der Waals surface area contributed by atoms with E-state index in [9.17, 15) is 9.59 Å². The second kappa shape index (κ2) is 9.01. The molecule has 1 atom stereocenters. The van der Waals surface area contributed by atoms with Gasteiger partial charge in [0.05, 0.1) is 11.2 Å². The van der Waals surface area contributed by atoms with Gasteiger partial charge in [-0.1, -0.05) is 23.7 Å². The largest absolute Gasteiger partial charge is 0.494 e. The monoisotopic (exact) mass is 469 g/mol.